The van der Waals surface area contributed by atoms with Crippen molar-refractivity contribution in [2.75, 3.05) is 0 Å². The summed E-state index contributed by atoms with van der Waals surface area (Å²) in [4.78, 5) is 31.5. The van der Waals surface area contributed by atoms with Crippen LogP contribution in [-0.2, 0) is 16.1 Å². The molecule has 3 heterocycles. The molecule has 1 aliphatic rings. The molecular formula is C25H18N2O4. The van der Waals surface area contributed by atoms with E-state index in [9.17, 15) is 14.7 Å². The van der Waals surface area contributed by atoms with Crippen LogP contribution in [0.4, 0.5) is 0 Å². The normalized spacial score (nSPS) is 18.1. The van der Waals surface area contributed by atoms with Gasteiger partial charge in [-0.25, -0.2) is 0 Å². The molecule has 2 aromatic heterocycles. The molecule has 0 spiro atoms. The summed E-state index contributed by atoms with van der Waals surface area (Å²) in [5, 5.41) is 13.1. The van der Waals surface area contributed by atoms with Gasteiger partial charge in [-0.2, -0.15) is 0 Å². The number of amides is 1. The van der Waals surface area contributed by atoms with E-state index in [4.69, 9.17) is 4.42 Å². The molecule has 6 nitrogen and oxygen atoms in total. The monoisotopic (exact) mass is 410 g/mol. The minimum atomic E-state index is -0.750. The summed E-state index contributed by atoms with van der Waals surface area (Å²) in [5.74, 6) is -1.06. The van der Waals surface area contributed by atoms with Crippen LogP contribution in [0.25, 0.3) is 16.5 Å². The number of aliphatic hydroxyl groups excluding tert-OH is 1. The van der Waals surface area contributed by atoms with Gasteiger partial charge >= 0.3 is 0 Å². The lowest BCUT2D eigenvalue weighted by molar-refractivity contribution is -0.140. The van der Waals surface area contributed by atoms with Crippen molar-refractivity contribution in [3.05, 3.63) is 108 Å². The molecule has 1 fully saturated rings. The van der Waals surface area contributed by atoms with Crippen molar-refractivity contribution in [1.82, 2.24) is 9.88 Å². The molecule has 0 radical (unpaired) electrons. The molecule has 31 heavy (non-hydrogen) atoms. The smallest absolute Gasteiger partial charge is 0.296 e. The van der Waals surface area contributed by atoms with Gasteiger partial charge in [0.1, 0.15) is 11.5 Å². The number of hydrogen-bond donors (Lipinski definition) is 1. The van der Waals surface area contributed by atoms with Gasteiger partial charge in [0.2, 0.25) is 0 Å². The number of carbonyl (C=O) groups excluding carboxylic acids is 2. The van der Waals surface area contributed by atoms with E-state index in [2.05, 4.69) is 4.98 Å². The molecule has 1 N–H and O–H groups in total. The zero-order valence-corrected chi connectivity index (χ0v) is 16.4. The largest absolute Gasteiger partial charge is 0.507 e. The number of fused-ring (bicyclic) bond motifs is 1. The van der Waals surface area contributed by atoms with Crippen molar-refractivity contribution in [1.29, 1.82) is 0 Å². The summed E-state index contributed by atoms with van der Waals surface area (Å²) in [7, 11) is 0. The van der Waals surface area contributed by atoms with E-state index < -0.39 is 17.7 Å². The summed E-state index contributed by atoms with van der Waals surface area (Å²) in [6, 6.07) is 19.4. The van der Waals surface area contributed by atoms with Crippen molar-refractivity contribution in [2.45, 2.75) is 12.6 Å². The number of benzene rings is 2. The molecule has 0 aliphatic carbocycles. The minimum Gasteiger partial charge on any atom is -0.507 e. The number of hydrogen-bond acceptors (Lipinski definition) is 5. The van der Waals surface area contributed by atoms with Gasteiger partial charge in [0, 0.05) is 18.0 Å². The number of pyridine rings is 1. The van der Waals surface area contributed by atoms with Crippen LogP contribution < -0.4 is 0 Å². The van der Waals surface area contributed by atoms with Crippen LogP contribution >= 0.6 is 0 Å². The van der Waals surface area contributed by atoms with Crippen LogP contribution in [-0.4, -0.2) is 26.7 Å². The molecular weight excluding hydrogens is 392 g/mol. The van der Waals surface area contributed by atoms with Gasteiger partial charge in [0.05, 0.1) is 24.4 Å². The van der Waals surface area contributed by atoms with Gasteiger partial charge in [0.15, 0.2) is 0 Å². The molecule has 1 unspecified atom stereocenters. The van der Waals surface area contributed by atoms with E-state index >= 15 is 0 Å². The number of furan rings is 1. The maximum absolute atomic E-state index is 13.1. The van der Waals surface area contributed by atoms with Gasteiger partial charge < -0.3 is 14.4 Å². The zero-order chi connectivity index (χ0) is 21.4. The number of aromatic nitrogens is 1. The first-order chi connectivity index (χ1) is 15.1. The lowest BCUT2D eigenvalue weighted by Gasteiger charge is -2.24. The molecule has 1 atom stereocenters. The van der Waals surface area contributed by atoms with Crippen LogP contribution in [0.3, 0.4) is 0 Å². The highest BCUT2D eigenvalue weighted by Crippen LogP contribution is 2.40. The molecule has 152 valence electrons. The highest BCUT2D eigenvalue weighted by Gasteiger charge is 2.46. The van der Waals surface area contributed by atoms with Crippen molar-refractivity contribution in [2.24, 2.45) is 0 Å². The third-order valence-electron chi connectivity index (χ3n) is 5.49. The summed E-state index contributed by atoms with van der Waals surface area (Å²) in [6.07, 6.45) is 4.71. The number of carbonyl (C=O) groups is 2. The van der Waals surface area contributed by atoms with Crippen LogP contribution in [0.5, 0.6) is 0 Å². The number of likely N-dealkylation sites (tertiary alicyclic amines) is 1. The molecule has 4 aromatic rings. The first-order valence-corrected chi connectivity index (χ1v) is 9.83. The third kappa shape index (κ3) is 3.28. The highest BCUT2D eigenvalue weighted by molar-refractivity contribution is 6.46. The quantitative estimate of drug-likeness (QED) is 0.305. The molecule has 1 amide bonds. The van der Waals surface area contributed by atoms with Crippen LogP contribution in [0, 0.1) is 0 Å². The van der Waals surface area contributed by atoms with Crippen molar-refractivity contribution >= 4 is 28.2 Å². The van der Waals surface area contributed by atoms with Crippen LogP contribution in [0.15, 0.2) is 95.4 Å². The topological polar surface area (TPSA) is 83.6 Å². The molecule has 0 bridgehead atoms. The Bertz CT molecular complexity index is 1310. The number of nitrogens with zero attached hydrogens (tertiary/aromatic N) is 2. The predicted octanol–water partition coefficient (Wildman–Crippen LogP) is 4.45. The number of aliphatic hydroxyl groups is 1. The summed E-state index contributed by atoms with van der Waals surface area (Å²) >= 11 is 0. The average Bonchev–Trinajstić information content (AvgIpc) is 3.41. The van der Waals surface area contributed by atoms with E-state index in [1.807, 2.05) is 36.4 Å². The standard InChI is InChI=1S/C25H18N2O4/c28-23(19-8-7-16-4-1-2-5-18(16)14-19)21-22(17-9-11-26-12-10-17)27(25(30)24(21)29)15-20-6-3-13-31-20/h1-14,22,28H,15H2/b23-21-. The van der Waals surface area contributed by atoms with Gasteiger partial charge in [0.25, 0.3) is 11.7 Å². The third-order valence-corrected chi connectivity index (χ3v) is 5.49. The molecule has 2 aromatic carbocycles. The average molecular weight is 410 g/mol. The van der Waals surface area contributed by atoms with Gasteiger partial charge in [-0.1, -0.05) is 36.4 Å². The van der Waals surface area contributed by atoms with E-state index in [-0.39, 0.29) is 17.9 Å². The summed E-state index contributed by atoms with van der Waals surface area (Å²) in [5.41, 5.74) is 1.22. The SMILES string of the molecule is O=C1C(=O)N(Cc2ccco2)C(c2ccncc2)/C1=C(/O)c1ccc2ccccc2c1. The fourth-order valence-corrected chi connectivity index (χ4v) is 4.00. The minimum absolute atomic E-state index is 0.0537. The number of rotatable bonds is 4. The molecule has 1 saturated heterocycles. The Hall–Kier alpha value is -4.19. The van der Waals surface area contributed by atoms with Crippen LogP contribution in [0.2, 0.25) is 0 Å². The first kappa shape index (κ1) is 18.8. The van der Waals surface area contributed by atoms with Gasteiger partial charge in [-0.15, -0.1) is 0 Å². The summed E-state index contributed by atoms with van der Waals surface area (Å²) < 4.78 is 5.40. The van der Waals surface area contributed by atoms with Crippen LogP contribution in [0.1, 0.15) is 22.9 Å². The second-order valence-corrected chi connectivity index (χ2v) is 7.35. The predicted molar refractivity (Wildman–Crippen MR) is 115 cm³/mol. The summed E-state index contributed by atoms with van der Waals surface area (Å²) in [6.45, 7) is 0.110. The van der Waals surface area contributed by atoms with E-state index in [0.29, 0.717) is 16.9 Å². The zero-order valence-electron chi connectivity index (χ0n) is 16.4. The number of ketones is 1. The van der Waals surface area contributed by atoms with Crippen molar-refractivity contribution in [3.8, 4) is 0 Å². The Kier molecular flexibility index (Phi) is 4.59. The molecule has 0 saturated carbocycles. The lowest BCUT2D eigenvalue weighted by atomic mass is 9.95. The maximum atomic E-state index is 13.1. The van der Waals surface area contributed by atoms with Gasteiger partial charge in [-0.05, 0) is 46.7 Å². The van der Waals surface area contributed by atoms with E-state index in [1.165, 1.54) is 11.2 Å². The first-order valence-electron chi connectivity index (χ1n) is 9.83. The Morgan fingerprint density at radius 1 is 0.968 bits per heavy atom. The van der Waals surface area contributed by atoms with E-state index in [0.717, 1.165) is 10.8 Å². The number of Topliss-reactive ketones (excluding diaryl/α,β-unsaturated/α-hetero) is 1. The fraction of sp³-hybridized carbons (Fsp3) is 0.0800. The Morgan fingerprint density at radius 2 is 1.74 bits per heavy atom. The Morgan fingerprint density at radius 3 is 2.48 bits per heavy atom. The van der Waals surface area contributed by atoms with Gasteiger partial charge in [-0.3, -0.25) is 14.6 Å². The van der Waals surface area contributed by atoms with Crippen molar-refractivity contribution < 1.29 is 19.1 Å². The maximum Gasteiger partial charge on any atom is 0.296 e. The second-order valence-electron chi connectivity index (χ2n) is 7.35. The Labute approximate surface area is 178 Å². The fourth-order valence-electron chi connectivity index (χ4n) is 4.00. The van der Waals surface area contributed by atoms with Crippen molar-refractivity contribution in [3.63, 3.8) is 0 Å². The molecule has 5 rings (SSSR count). The molecule has 6 heteroatoms. The highest BCUT2D eigenvalue weighted by atomic mass is 16.3. The lowest BCUT2D eigenvalue weighted by Crippen LogP contribution is -2.29. The second kappa shape index (κ2) is 7.57. The van der Waals surface area contributed by atoms with E-state index in [1.54, 1.807) is 42.7 Å². The Balaban J connectivity index is 1.66. The molecule has 1 aliphatic heterocycles.